The Morgan fingerprint density at radius 1 is 1.02 bits per heavy atom. The molecule has 3 fully saturated rings. The van der Waals surface area contributed by atoms with Crippen LogP contribution in [0.1, 0.15) is 26.7 Å². The van der Waals surface area contributed by atoms with Gasteiger partial charge in [-0.2, -0.15) is 4.31 Å². The fourth-order valence-corrected chi connectivity index (χ4v) is 7.85. The van der Waals surface area contributed by atoms with Crippen LogP contribution in [0.25, 0.3) is 10.8 Å². The molecule has 0 bridgehead atoms. The number of carbonyl (C=O) groups is 3. The number of rotatable bonds is 7. The molecule has 0 radical (unpaired) electrons. The second-order valence-corrected chi connectivity index (χ2v) is 13.8. The number of hydrogen-bond acceptors (Lipinski definition) is 11. The standard InChI is InChI=1S/C31H33ClN4O9S/c1-3-42-29(39)44-21(2)43-28(38)31-20-35(46(40,41)26-7-5-22-16-24(32)6-4-23(22)17-26)18-27(37)36(31)19-30(45-31)10-14-34(15-11-30)25-8-12-33-13-9-25/h4-9,12-13,16-17,21H,3,10-11,14-15,18-20H2,1-2H3. The minimum absolute atomic E-state index is 0.0441. The molecule has 244 valence electrons. The average molecular weight is 673 g/mol. The number of carbonyl (C=O) groups excluding carboxylic acids is 3. The van der Waals surface area contributed by atoms with E-state index in [1.807, 2.05) is 12.1 Å². The van der Waals surface area contributed by atoms with E-state index in [-0.39, 0.29) is 18.0 Å². The molecule has 1 aromatic heterocycles. The maximum atomic E-state index is 14.0. The summed E-state index contributed by atoms with van der Waals surface area (Å²) >= 11 is 6.10. The molecule has 0 N–H and O–H groups in total. The molecule has 3 aromatic rings. The third kappa shape index (κ3) is 5.97. The number of fused-ring (bicyclic) bond motifs is 2. The number of hydrogen-bond donors (Lipinski definition) is 0. The van der Waals surface area contributed by atoms with Crippen molar-refractivity contribution in [3.8, 4) is 0 Å². The molecule has 3 aliphatic heterocycles. The summed E-state index contributed by atoms with van der Waals surface area (Å²) in [5.41, 5.74) is -2.10. The highest BCUT2D eigenvalue weighted by Crippen LogP contribution is 2.45. The largest absolute Gasteiger partial charge is 0.511 e. The minimum Gasteiger partial charge on any atom is -0.435 e. The number of ether oxygens (including phenoxy) is 4. The summed E-state index contributed by atoms with van der Waals surface area (Å²) < 4.78 is 50.9. The third-order valence-corrected chi connectivity index (χ3v) is 10.5. The number of piperidine rings is 1. The van der Waals surface area contributed by atoms with Crippen LogP contribution in [-0.2, 0) is 38.6 Å². The molecule has 13 nitrogen and oxygen atoms in total. The van der Waals surface area contributed by atoms with E-state index in [4.69, 9.17) is 30.5 Å². The first kappa shape index (κ1) is 32.0. The van der Waals surface area contributed by atoms with Crippen molar-refractivity contribution in [1.29, 1.82) is 0 Å². The van der Waals surface area contributed by atoms with Crippen LogP contribution in [0.5, 0.6) is 0 Å². The normalized spacial score (nSPS) is 22.0. The van der Waals surface area contributed by atoms with Crippen LogP contribution in [0.15, 0.2) is 65.8 Å². The van der Waals surface area contributed by atoms with E-state index in [9.17, 15) is 22.8 Å². The lowest BCUT2D eigenvalue weighted by atomic mass is 9.91. The van der Waals surface area contributed by atoms with Gasteiger partial charge >= 0.3 is 12.1 Å². The summed E-state index contributed by atoms with van der Waals surface area (Å²) in [6.07, 6.45) is 1.84. The van der Waals surface area contributed by atoms with Crippen LogP contribution in [0.3, 0.4) is 0 Å². The molecule has 1 spiro atoms. The lowest BCUT2D eigenvalue weighted by Gasteiger charge is -2.43. The van der Waals surface area contributed by atoms with E-state index in [1.165, 1.54) is 24.0 Å². The van der Waals surface area contributed by atoms with E-state index in [1.54, 1.807) is 43.6 Å². The smallest absolute Gasteiger partial charge is 0.435 e. The summed E-state index contributed by atoms with van der Waals surface area (Å²) in [6, 6.07) is 13.4. The quantitative estimate of drug-likeness (QED) is 0.268. The van der Waals surface area contributed by atoms with Crippen LogP contribution in [0.2, 0.25) is 5.02 Å². The lowest BCUT2D eigenvalue weighted by molar-refractivity contribution is -0.221. The van der Waals surface area contributed by atoms with Crippen LogP contribution < -0.4 is 4.90 Å². The Kier molecular flexibility index (Phi) is 8.57. The number of esters is 1. The first-order valence-corrected chi connectivity index (χ1v) is 16.7. The van der Waals surface area contributed by atoms with Gasteiger partial charge in [0.05, 0.1) is 36.7 Å². The van der Waals surface area contributed by atoms with E-state index < -0.39 is 58.8 Å². The zero-order valence-electron chi connectivity index (χ0n) is 25.3. The molecule has 0 aliphatic carbocycles. The van der Waals surface area contributed by atoms with Gasteiger partial charge in [-0.1, -0.05) is 23.7 Å². The van der Waals surface area contributed by atoms with Crippen LogP contribution in [0.4, 0.5) is 10.5 Å². The molecular weight excluding hydrogens is 640 g/mol. The van der Waals surface area contributed by atoms with Gasteiger partial charge in [-0.05, 0) is 66.9 Å². The Labute approximate surface area is 270 Å². The first-order chi connectivity index (χ1) is 21.9. The SMILES string of the molecule is CCOC(=O)OC(C)OC(=O)C12CN(S(=O)(=O)c3ccc4cc(Cl)ccc4c3)CC(=O)N1CC1(CCN(c3ccncc3)CC1)O2. The van der Waals surface area contributed by atoms with Crippen molar-refractivity contribution >= 4 is 56.1 Å². The van der Waals surface area contributed by atoms with Gasteiger partial charge in [0.25, 0.3) is 5.72 Å². The number of sulfonamides is 1. The second kappa shape index (κ2) is 12.3. The van der Waals surface area contributed by atoms with Crippen molar-refractivity contribution in [1.82, 2.24) is 14.2 Å². The Balaban J connectivity index is 1.31. The predicted octanol–water partition coefficient (Wildman–Crippen LogP) is 3.55. The van der Waals surface area contributed by atoms with Crippen molar-refractivity contribution < 1.29 is 41.7 Å². The van der Waals surface area contributed by atoms with Gasteiger partial charge < -0.3 is 23.8 Å². The van der Waals surface area contributed by atoms with Gasteiger partial charge in [-0.15, -0.1) is 0 Å². The number of amides is 1. The molecule has 2 aromatic carbocycles. The fourth-order valence-electron chi connectivity index (χ4n) is 6.23. The summed E-state index contributed by atoms with van der Waals surface area (Å²) in [4.78, 5) is 47.1. The van der Waals surface area contributed by atoms with Gasteiger partial charge in [0.2, 0.25) is 22.2 Å². The monoisotopic (exact) mass is 672 g/mol. The number of benzene rings is 2. The molecule has 6 rings (SSSR count). The number of piperazine rings is 1. The molecule has 2 atom stereocenters. The van der Waals surface area contributed by atoms with E-state index in [0.717, 1.165) is 15.4 Å². The molecule has 4 heterocycles. The van der Waals surface area contributed by atoms with E-state index >= 15 is 0 Å². The summed E-state index contributed by atoms with van der Waals surface area (Å²) in [6.45, 7) is 3.09. The number of pyridine rings is 1. The van der Waals surface area contributed by atoms with Gasteiger partial charge in [0, 0.05) is 43.1 Å². The topological polar surface area (TPSA) is 145 Å². The van der Waals surface area contributed by atoms with Gasteiger partial charge in [-0.25, -0.2) is 18.0 Å². The summed E-state index contributed by atoms with van der Waals surface area (Å²) in [7, 11) is -4.30. The number of halogens is 1. The summed E-state index contributed by atoms with van der Waals surface area (Å²) in [5, 5.41) is 1.87. The van der Waals surface area contributed by atoms with Crippen molar-refractivity contribution in [3.05, 3.63) is 65.9 Å². The summed E-state index contributed by atoms with van der Waals surface area (Å²) in [5.74, 6) is -1.68. The highest BCUT2D eigenvalue weighted by atomic mass is 35.5. The molecular formula is C31H33ClN4O9S. The van der Waals surface area contributed by atoms with Crippen molar-refractivity contribution in [2.75, 3.05) is 44.2 Å². The van der Waals surface area contributed by atoms with Crippen LogP contribution >= 0.6 is 11.6 Å². The minimum atomic E-state index is -4.30. The van der Waals surface area contributed by atoms with Gasteiger partial charge in [0.1, 0.15) is 0 Å². The molecule has 3 saturated heterocycles. The molecule has 46 heavy (non-hydrogen) atoms. The van der Waals surface area contributed by atoms with E-state index in [0.29, 0.717) is 36.3 Å². The number of anilines is 1. The average Bonchev–Trinajstić information content (AvgIpc) is 3.37. The number of nitrogens with zero attached hydrogens (tertiary/aromatic N) is 4. The Morgan fingerprint density at radius 3 is 2.43 bits per heavy atom. The maximum absolute atomic E-state index is 14.0. The molecule has 15 heteroatoms. The Hall–Kier alpha value is -3.98. The zero-order chi connectivity index (χ0) is 32.7. The fraction of sp³-hybridized carbons (Fsp3) is 0.419. The van der Waals surface area contributed by atoms with Crippen LogP contribution in [-0.4, -0.2) is 97.6 Å². The maximum Gasteiger partial charge on any atom is 0.511 e. The zero-order valence-corrected chi connectivity index (χ0v) is 26.8. The highest BCUT2D eigenvalue weighted by Gasteiger charge is 2.65. The van der Waals surface area contributed by atoms with Gasteiger partial charge in [0.15, 0.2) is 0 Å². The molecule has 3 aliphatic rings. The molecule has 2 unspecified atom stereocenters. The lowest BCUT2D eigenvalue weighted by Crippen LogP contribution is -2.67. The van der Waals surface area contributed by atoms with E-state index in [2.05, 4.69) is 9.88 Å². The van der Waals surface area contributed by atoms with Crippen LogP contribution in [0, 0.1) is 0 Å². The van der Waals surface area contributed by atoms with Crippen molar-refractivity contribution in [2.45, 2.75) is 49.2 Å². The predicted molar refractivity (Wildman–Crippen MR) is 165 cm³/mol. The highest BCUT2D eigenvalue weighted by molar-refractivity contribution is 7.89. The Morgan fingerprint density at radius 2 is 1.72 bits per heavy atom. The molecule has 0 saturated carbocycles. The third-order valence-electron chi connectivity index (χ3n) is 8.50. The Bertz CT molecular complexity index is 1770. The van der Waals surface area contributed by atoms with Crippen molar-refractivity contribution in [2.24, 2.45) is 0 Å². The second-order valence-electron chi connectivity index (χ2n) is 11.4. The first-order valence-electron chi connectivity index (χ1n) is 14.8. The van der Waals surface area contributed by atoms with Crippen molar-refractivity contribution in [3.63, 3.8) is 0 Å². The molecule has 1 amide bonds. The van der Waals surface area contributed by atoms with Gasteiger partial charge in [-0.3, -0.25) is 14.7 Å². The number of aromatic nitrogens is 1.